The Morgan fingerprint density at radius 2 is 2.14 bits per heavy atom. The third-order valence-electron chi connectivity index (χ3n) is 3.40. The van der Waals surface area contributed by atoms with E-state index >= 15 is 0 Å². The van der Waals surface area contributed by atoms with E-state index in [4.69, 9.17) is 0 Å². The van der Waals surface area contributed by atoms with Crippen LogP contribution < -0.4 is 5.32 Å². The molecule has 0 atom stereocenters. The number of pyridine rings is 1. The third kappa shape index (κ3) is 2.42. The Morgan fingerprint density at radius 1 is 1.33 bits per heavy atom. The summed E-state index contributed by atoms with van der Waals surface area (Å²) in [4.78, 5) is 22.4. The predicted molar refractivity (Wildman–Crippen MR) is 84.1 cm³/mol. The van der Waals surface area contributed by atoms with E-state index in [2.05, 4.69) is 15.3 Å². The van der Waals surface area contributed by atoms with Crippen LogP contribution in [0.4, 0.5) is 5.13 Å². The fourth-order valence-electron chi connectivity index (χ4n) is 2.20. The molecule has 0 aliphatic heterocycles. The molecular weight excluding hydrogens is 284 g/mol. The number of hydrogen-bond donors (Lipinski definition) is 1. The third-order valence-corrected chi connectivity index (χ3v) is 4.39. The zero-order valence-corrected chi connectivity index (χ0v) is 13.0. The first-order valence-electron chi connectivity index (χ1n) is 6.81. The molecule has 0 aliphatic rings. The highest BCUT2D eigenvalue weighted by Gasteiger charge is 2.17. The van der Waals surface area contributed by atoms with Crippen LogP contribution in [0.3, 0.4) is 0 Å². The minimum absolute atomic E-state index is 0.216. The number of aromatic nitrogens is 3. The van der Waals surface area contributed by atoms with Crippen molar-refractivity contribution in [3.63, 3.8) is 0 Å². The predicted octanol–water partition coefficient (Wildman–Crippen LogP) is 3.22. The summed E-state index contributed by atoms with van der Waals surface area (Å²) < 4.78 is 1.95. The lowest BCUT2D eigenvalue weighted by Gasteiger charge is -1.99. The van der Waals surface area contributed by atoms with Crippen LogP contribution in [0.15, 0.2) is 24.4 Å². The van der Waals surface area contributed by atoms with Crippen molar-refractivity contribution in [2.24, 2.45) is 0 Å². The quantitative estimate of drug-likeness (QED) is 0.808. The van der Waals surface area contributed by atoms with Gasteiger partial charge in [0.25, 0.3) is 5.91 Å². The lowest BCUT2D eigenvalue weighted by atomic mass is 10.3. The minimum Gasteiger partial charge on any atom is -0.303 e. The maximum Gasteiger partial charge on any atom is 0.278 e. The van der Waals surface area contributed by atoms with E-state index < -0.39 is 0 Å². The molecule has 0 saturated carbocycles. The van der Waals surface area contributed by atoms with Gasteiger partial charge >= 0.3 is 0 Å². The number of thiazole rings is 1. The molecular formula is C15H16N4OS. The van der Waals surface area contributed by atoms with Gasteiger partial charge in [-0.05, 0) is 26.0 Å². The maximum absolute atomic E-state index is 12.5. The molecule has 5 nitrogen and oxygen atoms in total. The summed E-state index contributed by atoms with van der Waals surface area (Å²) in [5.41, 5.74) is 2.20. The van der Waals surface area contributed by atoms with Crippen molar-refractivity contribution >= 4 is 27.9 Å². The lowest BCUT2D eigenvalue weighted by molar-refractivity contribution is 0.102. The van der Waals surface area contributed by atoms with Crippen LogP contribution in [-0.4, -0.2) is 20.3 Å². The molecule has 0 saturated heterocycles. The van der Waals surface area contributed by atoms with Gasteiger partial charge < -0.3 is 4.40 Å². The van der Waals surface area contributed by atoms with Gasteiger partial charge in [-0.25, -0.2) is 9.97 Å². The first-order chi connectivity index (χ1) is 10.1. The molecule has 3 aromatic heterocycles. The molecule has 6 heteroatoms. The van der Waals surface area contributed by atoms with Crippen LogP contribution in [0.5, 0.6) is 0 Å². The second-order valence-electron chi connectivity index (χ2n) is 4.80. The number of fused-ring (bicyclic) bond motifs is 1. The molecule has 3 rings (SSSR count). The number of carbonyl (C=O) groups is 1. The van der Waals surface area contributed by atoms with Gasteiger partial charge in [0, 0.05) is 17.5 Å². The Morgan fingerprint density at radius 3 is 2.81 bits per heavy atom. The molecule has 1 amide bonds. The molecule has 21 heavy (non-hydrogen) atoms. The van der Waals surface area contributed by atoms with Crippen LogP contribution in [0.1, 0.15) is 33.8 Å². The molecule has 0 unspecified atom stereocenters. The van der Waals surface area contributed by atoms with E-state index in [-0.39, 0.29) is 5.91 Å². The number of carbonyl (C=O) groups excluding carboxylic acids is 1. The Labute approximate surface area is 126 Å². The van der Waals surface area contributed by atoms with E-state index in [1.54, 1.807) is 0 Å². The normalized spacial score (nSPS) is 11.0. The molecule has 0 aromatic carbocycles. The first kappa shape index (κ1) is 13.8. The van der Waals surface area contributed by atoms with Crippen LogP contribution in [0.2, 0.25) is 0 Å². The van der Waals surface area contributed by atoms with Gasteiger partial charge in [-0.3, -0.25) is 10.1 Å². The highest BCUT2D eigenvalue weighted by molar-refractivity contribution is 7.15. The summed E-state index contributed by atoms with van der Waals surface area (Å²) >= 11 is 1.48. The van der Waals surface area contributed by atoms with Crippen molar-refractivity contribution in [1.82, 2.24) is 14.4 Å². The van der Waals surface area contributed by atoms with Crippen molar-refractivity contribution in [3.8, 4) is 0 Å². The number of anilines is 1. The Balaban J connectivity index is 1.98. The summed E-state index contributed by atoms with van der Waals surface area (Å²) in [5, 5.41) is 3.46. The number of hydrogen-bond acceptors (Lipinski definition) is 4. The first-order valence-corrected chi connectivity index (χ1v) is 7.63. The second kappa shape index (κ2) is 5.29. The summed E-state index contributed by atoms with van der Waals surface area (Å²) in [6, 6.07) is 5.74. The van der Waals surface area contributed by atoms with Crippen molar-refractivity contribution < 1.29 is 4.79 Å². The summed E-state index contributed by atoms with van der Waals surface area (Å²) in [6.45, 7) is 5.95. The molecule has 0 fully saturated rings. The van der Waals surface area contributed by atoms with E-state index in [1.165, 1.54) is 11.3 Å². The highest BCUT2D eigenvalue weighted by Crippen LogP contribution is 2.22. The smallest absolute Gasteiger partial charge is 0.278 e. The van der Waals surface area contributed by atoms with Gasteiger partial charge in [0.2, 0.25) is 0 Å². The van der Waals surface area contributed by atoms with Crippen LogP contribution in [0, 0.1) is 13.8 Å². The molecule has 3 heterocycles. The Hall–Kier alpha value is -2.21. The average molecular weight is 300 g/mol. The largest absolute Gasteiger partial charge is 0.303 e. The van der Waals surface area contributed by atoms with E-state index in [9.17, 15) is 4.79 Å². The van der Waals surface area contributed by atoms with Gasteiger partial charge in [0.1, 0.15) is 5.82 Å². The van der Waals surface area contributed by atoms with E-state index in [0.717, 1.165) is 28.3 Å². The zero-order chi connectivity index (χ0) is 15.0. The van der Waals surface area contributed by atoms with Crippen molar-refractivity contribution in [1.29, 1.82) is 0 Å². The molecule has 3 aromatic rings. The summed E-state index contributed by atoms with van der Waals surface area (Å²) in [5.74, 6) is 0.661. The van der Waals surface area contributed by atoms with Gasteiger partial charge in [-0.15, -0.1) is 11.3 Å². The molecule has 0 spiro atoms. The van der Waals surface area contributed by atoms with Crippen LogP contribution >= 0.6 is 11.3 Å². The molecule has 108 valence electrons. The number of imidazole rings is 1. The summed E-state index contributed by atoms with van der Waals surface area (Å²) in [6.07, 6.45) is 2.70. The van der Waals surface area contributed by atoms with Gasteiger partial charge in [-0.1, -0.05) is 13.0 Å². The van der Waals surface area contributed by atoms with Crippen LogP contribution in [0.25, 0.3) is 5.52 Å². The second-order valence-corrected chi connectivity index (χ2v) is 6.00. The highest BCUT2D eigenvalue weighted by atomic mass is 32.1. The van der Waals surface area contributed by atoms with E-state index in [1.807, 2.05) is 49.6 Å². The maximum atomic E-state index is 12.5. The van der Waals surface area contributed by atoms with Crippen molar-refractivity contribution in [3.05, 3.63) is 46.5 Å². The molecule has 1 N–H and O–H groups in total. The number of nitrogens with zero attached hydrogens (tertiary/aromatic N) is 3. The minimum atomic E-state index is -0.216. The number of aryl methyl sites for hydroxylation is 3. The monoisotopic (exact) mass is 300 g/mol. The SMILES string of the molecule is CCc1nc(C(=O)Nc2nc(C)c(C)s2)c2ccccn12. The van der Waals surface area contributed by atoms with Gasteiger partial charge in [0.05, 0.1) is 11.2 Å². The van der Waals surface area contributed by atoms with E-state index in [0.29, 0.717) is 10.8 Å². The van der Waals surface area contributed by atoms with Crippen molar-refractivity contribution in [2.75, 3.05) is 5.32 Å². The van der Waals surface area contributed by atoms with Crippen LogP contribution in [-0.2, 0) is 6.42 Å². The Bertz CT molecular complexity index is 799. The van der Waals surface area contributed by atoms with Crippen molar-refractivity contribution in [2.45, 2.75) is 27.2 Å². The zero-order valence-electron chi connectivity index (χ0n) is 12.2. The number of nitrogens with one attached hydrogen (secondary N) is 1. The molecule has 0 bridgehead atoms. The topological polar surface area (TPSA) is 59.3 Å². The van der Waals surface area contributed by atoms with Gasteiger partial charge in [-0.2, -0.15) is 0 Å². The standard InChI is InChI=1S/C15H16N4OS/c1-4-12-17-13(11-7-5-6-8-19(11)12)14(20)18-15-16-9(2)10(3)21-15/h5-8H,4H2,1-3H3,(H,16,18,20). The Kier molecular flexibility index (Phi) is 3.47. The fraction of sp³-hybridized carbons (Fsp3) is 0.267. The lowest BCUT2D eigenvalue weighted by Crippen LogP contribution is -2.12. The number of rotatable bonds is 3. The summed E-state index contributed by atoms with van der Waals surface area (Å²) in [7, 11) is 0. The number of amides is 1. The average Bonchev–Trinajstić information content (AvgIpc) is 2.99. The van der Waals surface area contributed by atoms with Gasteiger partial charge in [0.15, 0.2) is 10.8 Å². The molecule has 0 aliphatic carbocycles. The fourth-order valence-corrected chi connectivity index (χ4v) is 3.01. The molecule has 0 radical (unpaired) electrons.